The van der Waals surface area contributed by atoms with Gasteiger partial charge in [-0.05, 0) is 31.2 Å². The van der Waals surface area contributed by atoms with E-state index in [0.29, 0.717) is 12.1 Å². The maximum atomic E-state index is 14.2. The highest BCUT2D eigenvalue weighted by molar-refractivity contribution is 6.35. The molecule has 1 N–H and O–H groups in total. The fourth-order valence-electron chi connectivity index (χ4n) is 2.72. The van der Waals surface area contributed by atoms with Crippen LogP contribution in [-0.4, -0.2) is 18.1 Å². The fourth-order valence-corrected chi connectivity index (χ4v) is 3.24. The largest absolute Gasteiger partial charge is 0.481 e. The summed E-state index contributed by atoms with van der Waals surface area (Å²) >= 11 is 11.8. The van der Waals surface area contributed by atoms with Gasteiger partial charge in [0.05, 0.1) is 11.2 Å². The molecular formula is C16H14Cl2F2N2O. The number of nitrogens with one attached hydrogen (secondary N) is 1. The Balaban J connectivity index is 1.96. The summed E-state index contributed by atoms with van der Waals surface area (Å²) in [5, 5.41) is 3.48. The van der Waals surface area contributed by atoms with Crippen molar-refractivity contribution in [1.82, 2.24) is 10.3 Å². The van der Waals surface area contributed by atoms with Crippen LogP contribution >= 0.6 is 23.2 Å². The number of aromatic nitrogens is 1. The second-order valence-corrected chi connectivity index (χ2v) is 6.27. The highest BCUT2D eigenvalue weighted by Crippen LogP contribution is 2.38. The van der Waals surface area contributed by atoms with Crippen molar-refractivity contribution in [2.24, 2.45) is 5.92 Å². The second-order valence-electron chi connectivity index (χ2n) is 5.43. The van der Waals surface area contributed by atoms with Crippen LogP contribution in [0.2, 0.25) is 10.0 Å². The summed E-state index contributed by atoms with van der Waals surface area (Å²) in [6.45, 7) is 1.51. The van der Waals surface area contributed by atoms with Crippen molar-refractivity contribution >= 4 is 23.2 Å². The molecular weight excluding hydrogens is 345 g/mol. The Morgan fingerprint density at radius 2 is 2.04 bits per heavy atom. The first-order valence-electron chi connectivity index (χ1n) is 7.17. The number of rotatable bonds is 4. The Hall–Kier alpha value is -1.43. The number of halogens is 4. The van der Waals surface area contributed by atoms with Crippen molar-refractivity contribution in [2.75, 3.05) is 13.1 Å². The van der Waals surface area contributed by atoms with E-state index in [0.717, 1.165) is 25.2 Å². The number of benzene rings is 1. The minimum absolute atomic E-state index is 0.0599. The molecule has 23 heavy (non-hydrogen) atoms. The number of ether oxygens (including phenoxy) is 1. The SMILES string of the molecule is Fc1cncc([C@@H](Oc2c(F)cc(Cl)cc2Cl)[C@@H]2CCNC2)c1. The molecule has 122 valence electrons. The molecule has 1 aliphatic heterocycles. The number of pyridine rings is 1. The standard InChI is InChI=1S/C16H14Cl2F2N2O/c17-11-4-13(18)16(14(20)5-11)23-15(9-1-2-21-6-9)10-3-12(19)8-22-7-10/h3-5,7-9,15,21H,1-2,6H2/t9-,15+/m1/s1. The number of nitrogens with zero attached hydrogens (tertiary/aromatic N) is 1. The van der Waals surface area contributed by atoms with Gasteiger partial charge in [-0.25, -0.2) is 8.78 Å². The zero-order valence-corrected chi connectivity index (χ0v) is 13.5. The van der Waals surface area contributed by atoms with E-state index in [9.17, 15) is 8.78 Å². The Bertz CT molecular complexity index is 685. The lowest BCUT2D eigenvalue weighted by Gasteiger charge is -2.25. The minimum atomic E-state index is -0.650. The average Bonchev–Trinajstić information content (AvgIpc) is 3.00. The van der Waals surface area contributed by atoms with E-state index in [2.05, 4.69) is 10.3 Å². The highest BCUT2D eigenvalue weighted by Gasteiger charge is 2.30. The quantitative estimate of drug-likeness (QED) is 0.879. The van der Waals surface area contributed by atoms with E-state index in [4.69, 9.17) is 27.9 Å². The predicted octanol–water partition coefficient (Wildman–Crippen LogP) is 4.40. The molecule has 3 rings (SSSR count). The topological polar surface area (TPSA) is 34.1 Å². The van der Waals surface area contributed by atoms with Crippen molar-refractivity contribution in [3.05, 3.63) is 57.8 Å². The van der Waals surface area contributed by atoms with Gasteiger partial charge in [-0.2, -0.15) is 0 Å². The van der Waals surface area contributed by atoms with E-state index in [1.54, 1.807) is 0 Å². The molecule has 0 amide bonds. The Morgan fingerprint density at radius 3 is 2.70 bits per heavy atom. The first-order valence-corrected chi connectivity index (χ1v) is 7.92. The van der Waals surface area contributed by atoms with Crippen LogP contribution in [0.4, 0.5) is 8.78 Å². The minimum Gasteiger partial charge on any atom is -0.481 e. The normalized spacial score (nSPS) is 18.9. The molecule has 1 fully saturated rings. The van der Waals surface area contributed by atoms with E-state index in [1.165, 1.54) is 18.3 Å². The lowest BCUT2D eigenvalue weighted by molar-refractivity contribution is 0.137. The number of hydrogen-bond donors (Lipinski definition) is 1. The van der Waals surface area contributed by atoms with E-state index >= 15 is 0 Å². The smallest absolute Gasteiger partial charge is 0.174 e. The number of hydrogen-bond acceptors (Lipinski definition) is 3. The summed E-state index contributed by atoms with van der Waals surface area (Å²) in [7, 11) is 0. The van der Waals surface area contributed by atoms with Crippen molar-refractivity contribution in [2.45, 2.75) is 12.5 Å². The molecule has 1 aromatic carbocycles. The van der Waals surface area contributed by atoms with Crippen molar-refractivity contribution < 1.29 is 13.5 Å². The lowest BCUT2D eigenvalue weighted by Crippen LogP contribution is -2.22. The third-order valence-electron chi connectivity index (χ3n) is 3.79. The Morgan fingerprint density at radius 1 is 1.22 bits per heavy atom. The van der Waals surface area contributed by atoms with E-state index < -0.39 is 17.7 Å². The summed E-state index contributed by atoms with van der Waals surface area (Å²) in [5.74, 6) is -1.14. The van der Waals surface area contributed by atoms with Gasteiger partial charge in [0.25, 0.3) is 0 Å². The van der Waals surface area contributed by atoms with Crippen LogP contribution in [-0.2, 0) is 0 Å². The third kappa shape index (κ3) is 3.74. The third-order valence-corrected chi connectivity index (χ3v) is 4.29. The molecule has 2 aromatic rings. The van der Waals surface area contributed by atoms with Gasteiger partial charge >= 0.3 is 0 Å². The van der Waals surface area contributed by atoms with Crippen LogP contribution in [0.1, 0.15) is 18.1 Å². The van der Waals surface area contributed by atoms with Crippen LogP contribution in [0.15, 0.2) is 30.6 Å². The van der Waals surface area contributed by atoms with Gasteiger partial charge in [-0.15, -0.1) is 0 Å². The van der Waals surface area contributed by atoms with Crippen LogP contribution in [0, 0.1) is 17.6 Å². The molecule has 1 saturated heterocycles. The molecule has 0 unspecified atom stereocenters. The zero-order chi connectivity index (χ0) is 16.4. The Kier molecular flexibility index (Phi) is 4.99. The predicted molar refractivity (Wildman–Crippen MR) is 85.0 cm³/mol. The summed E-state index contributed by atoms with van der Waals surface area (Å²) in [6, 6.07) is 3.89. The van der Waals surface area contributed by atoms with Gasteiger partial charge < -0.3 is 10.1 Å². The van der Waals surface area contributed by atoms with Gasteiger partial charge in [0.1, 0.15) is 11.9 Å². The molecule has 2 atom stereocenters. The second kappa shape index (κ2) is 6.99. The highest BCUT2D eigenvalue weighted by atomic mass is 35.5. The molecule has 0 spiro atoms. The van der Waals surface area contributed by atoms with Crippen molar-refractivity contribution in [3.63, 3.8) is 0 Å². The van der Waals surface area contributed by atoms with Crippen molar-refractivity contribution in [3.8, 4) is 5.75 Å². The average molecular weight is 359 g/mol. The molecule has 1 aliphatic rings. The van der Waals surface area contributed by atoms with Gasteiger partial charge in [0.15, 0.2) is 11.6 Å². The van der Waals surface area contributed by atoms with Crippen LogP contribution in [0.25, 0.3) is 0 Å². The molecule has 7 heteroatoms. The first kappa shape index (κ1) is 16.4. The summed E-state index contributed by atoms with van der Waals surface area (Å²) in [6.07, 6.45) is 2.91. The van der Waals surface area contributed by atoms with Gasteiger partial charge in [-0.1, -0.05) is 23.2 Å². The molecule has 0 saturated carbocycles. The van der Waals surface area contributed by atoms with Gasteiger partial charge in [0.2, 0.25) is 0 Å². The maximum Gasteiger partial charge on any atom is 0.174 e. The van der Waals surface area contributed by atoms with Gasteiger partial charge in [0, 0.05) is 29.2 Å². The van der Waals surface area contributed by atoms with E-state index in [1.807, 2.05) is 0 Å². The molecule has 3 nitrogen and oxygen atoms in total. The fraction of sp³-hybridized carbons (Fsp3) is 0.312. The van der Waals surface area contributed by atoms with Crippen molar-refractivity contribution in [1.29, 1.82) is 0 Å². The molecule has 2 heterocycles. The molecule has 1 aromatic heterocycles. The van der Waals surface area contributed by atoms with Crippen LogP contribution in [0.5, 0.6) is 5.75 Å². The van der Waals surface area contributed by atoms with Crippen LogP contribution < -0.4 is 10.1 Å². The van der Waals surface area contributed by atoms with Crippen LogP contribution in [0.3, 0.4) is 0 Å². The lowest BCUT2D eigenvalue weighted by atomic mass is 9.96. The summed E-state index contributed by atoms with van der Waals surface area (Å²) < 4.78 is 33.5. The van der Waals surface area contributed by atoms with Gasteiger partial charge in [-0.3, -0.25) is 4.98 Å². The Labute approximate surface area is 142 Å². The summed E-state index contributed by atoms with van der Waals surface area (Å²) in [5.41, 5.74) is 0.545. The monoisotopic (exact) mass is 358 g/mol. The molecule has 0 aliphatic carbocycles. The molecule has 0 bridgehead atoms. The first-order chi connectivity index (χ1) is 11.0. The van der Waals surface area contributed by atoms with E-state index in [-0.39, 0.29) is 21.7 Å². The maximum absolute atomic E-state index is 14.2. The zero-order valence-electron chi connectivity index (χ0n) is 12.0. The molecule has 0 radical (unpaired) electrons. The summed E-state index contributed by atoms with van der Waals surface area (Å²) in [4.78, 5) is 3.85.